The van der Waals surface area contributed by atoms with Crippen LogP contribution in [0.3, 0.4) is 0 Å². The number of amides is 2. The Balaban J connectivity index is 1.74. The number of nitrogens with zero attached hydrogens (tertiary/aromatic N) is 1. The molecule has 108 valence electrons. The summed E-state index contributed by atoms with van der Waals surface area (Å²) in [5.41, 5.74) is 0. The van der Waals surface area contributed by atoms with Crippen LogP contribution in [0.4, 0.5) is 4.79 Å². The van der Waals surface area contributed by atoms with Crippen LogP contribution in [-0.2, 0) is 15.6 Å². The minimum atomic E-state index is -0.781. The summed E-state index contributed by atoms with van der Waals surface area (Å²) in [4.78, 5) is 24.5. The van der Waals surface area contributed by atoms with Gasteiger partial charge in [0.15, 0.2) is 0 Å². The number of hydrogen-bond donors (Lipinski definition) is 2. The highest BCUT2D eigenvalue weighted by atomic mass is 32.2. The molecule has 1 saturated carbocycles. The monoisotopic (exact) mass is 288 g/mol. The van der Waals surface area contributed by atoms with Gasteiger partial charge < -0.3 is 15.3 Å². The van der Waals surface area contributed by atoms with E-state index in [-0.39, 0.29) is 18.0 Å². The lowest BCUT2D eigenvalue weighted by molar-refractivity contribution is -0.142. The number of rotatable bonds is 2. The molecule has 0 spiro atoms. The van der Waals surface area contributed by atoms with Gasteiger partial charge in [0, 0.05) is 41.4 Å². The zero-order valence-electron chi connectivity index (χ0n) is 10.8. The molecule has 1 aliphatic heterocycles. The Morgan fingerprint density at radius 1 is 1.11 bits per heavy atom. The third kappa shape index (κ3) is 3.92. The van der Waals surface area contributed by atoms with Gasteiger partial charge in [-0.25, -0.2) is 4.79 Å². The molecule has 0 bridgehead atoms. The van der Waals surface area contributed by atoms with Gasteiger partial charge in [0.05, 0.1) is 5.92 Å². The van der Waals surface area contributed by atoms with Gasteiger partial charge in [0.1, 0.15) is 0 Å². The normalized spacial score (nSPS) is 28.9. The van der Waals surface area contributed by atoms with Gasteiger partial charge in [-0.15, -0.1) is 0 Å². The summed E-state index contributed by atoms with van der Waals surface area (Å²) in [5, 5.41) is 11.9. The van der Waals surface area contributed by atoms with E-state index in [0.717, 1.165) is 12.8 Å². The lowest BCUT2D eigenvalue weighted by atomic mass is 9.86. The van der Waals surface area contributed by atoms with Crippen molar-refractivity contribution in [2.24, 2.45) is 5.92 Å². The number of hydrogen-bond acceptors (Lipinski definition) is 3. The predicted molar refractivity (Wildman–Crippen MR) is 71.4 cm³/mol. The maximum Gasteiger partial charge on any atom is 0.317 e. The molecule has 2 fully saturated rings. The minimum Gasteiger partial charge on any atom is -0.481 e. The fraction of sp³-hybridized carbons (Fsp3) is 0.833. The van der Waals surface area contributed by atoms with Crippen LogP contribution in [0.15, 0.2) is 0 Å². The molecule has 6 nitrogen and oxygen atoms in total. The predicted octanol–water partition coefficient (Wildman–Crippen LogP) is 0.404. The number of carboxylic acids is 1. The van der Waals surface area contributed by atoms with Crippen LogP contribution in [0, 0.1) is 5.92 Å². The van der Waals surface area contributed by atoms with Crippen LogP contribution < -0.4 is 5.32 Å². The van der Waals surface area contributed by atoms with Crippen LogP contribution in [-0.4, -0.2) is 56.9 Å². The average molecular weight is 288 g/mol. The first kappa shape index (κ1) is 14.3. The molecule has 0 atom stereocenters. The smallest absolute Gasteiger partial charge is 0.317 e. The van der Waals surface area contributed by atoms with Gasteiger partial charge in [-0.05, 0) is 25.7 Å². The van der Waals surface area contributed by atoms with E-state index >= 15 is 0 Å². The number of carbonyl (C=O) groups excluding carboxylic acids is 1. The Labute approximate surface area is 115 Å². The van der Waals surface area contributed by atoms with E-state index in [1.807, 2.05) is 0 Å². The molecule has 2 N–H and O–H groups in total. The largest absolute Gasteiger partial charge is 0.481 e. The minimum absolute atomic E-state index is 0.0792. The van der Waals surface area contributed by atoms with Crippen molar-refractivity contribution in [3.63, 3.8) is 0 Å². The van der Waals surface area contributed by atoms with Crippen molar-refractivity contribution in [3.8, 4) is 0 Å². The molecular formula is C12H20N2O4S. The fourth-order valence-electron chi connectivity index (χ4n) is 2.59. The molecule has 0 radical (unpaired) electrons. The molecule has 7 heteroatoms. The Kier molecular flexibility index (Phi) is 4.79. The van der Waals surface area contributed by atoms with Crippen molar-refractivity contribution in [2.45, 2.75) is 31.7 Å². The second kappa shape index (κ2) is 6.36. The first-order valence-electron chi connectivity index (χ1n) is 6.69. The summed E-state index contributed by atoms with van der Waals surface area (Å²) < 4.78 is 11.2. The van der Waals surface area contributed by atoms with E-state index in [0.29, 0.717) is 37.4 Å². The number of aliphatic carboxylic acids is 1. The molecule has 1 saturated heterocycles. The molecule has 0 aromatic carbocycles. The highest BCUT2D eigenvalue weighted by Crippen LogP contribution is 2.24. The Bertz CT molecular complexity index is 370. The third-order valence-electron chi connectivity index (χ3n) is 3.87. The van der Waals surface area contributed by atoms with E-state index < -0.39 is 16.8 Å². The maximum atomic E-state index is 12.0. The van der Waals surface area contributed by atoms with Gasteiger partial charge in [0.2, 0.25) is 0 Å². The number of carbonyl (C=O) groups is 2. The zero-order valence-corrected chi connectivity index (χ0v) is 11.7. The van der Waals surface area contributed by atoms with E-state index in [4.69, 9.17) is 5.11 Å². The number of urea groups is 1. The lowest BCUT2D eigenvalue weighted by Gasteiger charge is -2.31. The number of carboxylic acid groups (broad SMARTS) is 1. The van der Waals surface area contributed by atoms with Crippen molar-refractivity contribution in [1.29, 1.82) is 0 Å². The second-order valence-electron chi connectivity index (χ2n) is 5.17. The maximum absolute atomic E-state index is 12.0. The summed E-state index contributed by atoms with van der Waals surface area (Å²) >= 11 is 0. The Morgan fingerprint density at radius 2 is 1.68 bits per heavy atom. The highest BCUT2D eigenvalue weighted by Gasteiger charge is 2.28. The van der Waals surface area contributed by atoms with Crippen molar-refractivity contribution in [2.75, 3.05) is 24.6 Å². The number of nitrogens with one attached hydrogen (secondary N) is 1. The molecule has 2 amide bonds. The topological polar surface area (TPSA) is 86.7 Å². The molecule has 19 heavy (non-hydrogen) atoms. The molecule has 0 aromatic heterocycles. The van der Waals surface area contributed by atoms with Crippen molar-refractivity contribution in [3.05, 3.63) is 0 Å². The molecule has 0 unspecified atom stereocenters. The first-order valence-corrected chi connectivity index (χ1v) is 8.18. The third-order valence-corrected chi connectivity index (χ3v) is 5.14. The molecule has 0 aromatic rings. The Hall–Kier alpha value is -1.11. The summed E-state index contributed by atoms with van der Waals surface area (Å²) in [6, 6.07) is -0.0222. The van der Waals surface area contributed by atoms with Crippen LogP contribution in [0.1, 0.15) is 25.7 Å². The Morgan fingerprint density at radius 3 is 2.21 bits per heavy atom. The molecule has 1 aliphatic carbocycles. The van der Waals surface area contributed by atoms with Crippen molar-refractivity contribution in [1.82, 2.24) is 10.2 Å². The molecular weight excluding hydrogens is 268 g/mol. The standard InChI is InChI=1S/C12H20N2O4S/c15-11(16)9-1-3-10(4-2-9)13-12(17)14-5-7-19(18)8-6-14/h9-10H,1-8H2,(H,13,17)(H,15,16). The highest BCUT2D eigenvalue weighted by molar-refractivity contribution is 7.85. The second-order valence-corrected chi connectivity index (χ2v) is 6.87. The summed E-state index contributed by atoms with van der Waals surface area (Å²) in [7, 11) is -0.781. The van der Waals surface area contributed by atoms with E-state index in [9.17, 15) is 13.8 Å². The van der Waals surface area contributed by atoms with E-state index in [1.54, 1.807) is 4.90 Å². The van der Waals surface area contributed by atoms with Crippen LogP contribution in [0.2, 0.25) is 0 Å². The molecule has 1 heterocycles. The fourth-order valence-corrected chi connectivity index (χ4v) is 3.64. The van der Waals surface area contributed by atoms with Gasteiger partial charge >= 0.3 is 12.0 Å². The van der Waals surface area contributed by atoms with Crippen molar-refractivity contribution < 1.29 is 18.9 Å². The summed E-state index contributed by atoms with van der Waals surface area (Å²) in [5.74, 6) is 0.118. The van der Waals surface area contributed by atoms with Gasteiger partial charge in [-0.2, -0.15) is 0 Å². The quantitative estimate of drug-likeness (QED) is 0.770. The SMILES string of the molecule is O=C(O)C1CCC(NC(=O)N2CCS(=O)CC2)CC1. The van der Waals surface area contributed by atoms with Crippen LogP contribution in [0.5, 0.6) is 0 Å². The van der Waals surface area contributed by atoms with Gasteiger partial charge in [0.25, 0.3) is 0 Å². The van der Waals surface area contributed by atoms with E-state index in [2.05, 4.69) is 5.32 Å². The van der Waals surface area contributed by atoms with E-state index in [1.165, 1.54) is 0 Å². The molecule has 2 aliphatic rings. The lowest BCUT2D eigenvalue weighted by Crippen LogP contribution is -2.50. The van der Waals surface area contributed by atoms with Gasteiger partial charge in [-0.1, -0.05) is 0 Å². The average Bonchev–Trinajstić information content (AvgIpc) is 2.40. The van der Waals surface area contributed by atoms with Crippen LogP contribution >= 0.6 is 0 Å². The zero-order chi connectivity index (χ0) is 13.8. The van der Waals surface area contributed by atoms with Crippen LogP contribution in [0.25, 0.3) is 0 Å². The van der Waals surface area contributed by atoms with Gasteiger partial charge in [-0.3, -0.25) is 9.00 Å². The molecule has 2 rings (SSSR count). The summed E-state index contributed by atoms with van der Waals surface area (Å²) in [6.07, 6.45) is 2.71. The summed E-state index contributed by atoms with van der Waals surface area (Å²) in [6.45, 7) is 1.09. The first-order chi connectivity index (χ1) is 9.06. The van der Waals surface area contributed by atoms with Crippen molar-refractivity contribution >= 4 is 22.8 Å².